The topological polar surface area (TPSA) is 41.1 Å². The lowest BCUT2D eigenvalue weighted by molar-refractivity contribution is -0.123. The third kappa shape index (κ3) is 4.83. The Morgan fingerprint density at radius 1 is 1.45 bits per heavy atom. The third-order valence-electron chi connectivity index (χ3n) is 3.99. The highest BCUT2D eigenvalue weighted by molar-refractivity contribution is 6.31. The summed E-state index contributed by atoms with van der Waals surface area (Å²) in [4.78, 5) is 12.1. The molecule has 1 saturated heterocycles. The van der Waals surface area contributed by atoms with Gasteiger partial charge in [0.05, 0.1) is 6.04 Å². The van der Waals surface area contributed by atoms with Crippen molar-refractivity contribution in [3.63, 3.8) is 0 Å². The zero-order valence-electron chi connectivity index (χ0n) is 12.9. The number of benzene rings is 1. The Morgan fingerprint density at radius 2 is 2.18 bits per heavy atom. The van der Waals surface area contributed by atoms with Crippen molar-refractivity contribution in [2.75, 3.05) is 13.1 Å². The highest BCUT2D eigenvalue weighted by atomic mass is 35.5. The molecule has 1 atom stereocenters. The van der Waals surface area contributed by atoms with Crippen LogP contribution in [0.5, 0.6) is 0 Å². The molecule has 1 heterocycles. The summed E-state index contributed by atoms with van der Waals surface area (Å²) in [5, 5.41) is 6.60. The van der Waals surface area contributed by atoms with Crippen LogP contribution in [0.2, 0.25) is 5.02 Å². The highest BCUT2D eigenvalue weighted by Gasteiger charge is 2.26. The Balaban J connectivity index is 0.00000242. The van der Waals surface area contributed by atoms with E-state index in [0.717, 1.165) is 31.4 Å². The SMILES string of the molecule is CC(C)(CNC(=O)C1CCCCN1)c1ccc(F)cc1Cl.Cl. The van der Waals surface area contributed by atoms with Crippen molar-refractivity contribution in [3.05, 3.63) is 34.6 Å². The number of hydrogen-bond acceptors (Lipinski definition) is 2. The lowest BCUT2D eigenvalue weighted by Gasteiger charge is -2.29. The van der Waals surface area contributed by atoms with Gasteiger partial charge in [0.1, 0.15) is 5.82 Å². The molecule has 1 unspecified atom stereocenters. The quantitative estimate of drug-likeness (QED) is 0.874. The molecule has 1 fully saturated rings. The summed E-state index contributed by atoms with van der Waals surface area (Å²) in [6, 6.07) is 4.29. The highest BCUT2D eigenvalue weighted by Crippen LogP contribution is 2.30. The standard InChI is InChI=1S/C16H22ClFN2O.ClH/c1-16(2,12-7-6-11(18)9-13(12)17)10-20-15(21)14-5-3-4-8-19-14;/h6-7,9,14,19H,3-5,8,10H2,1-2H3,(H,20,21);1H. The van der Waals surface area contributed by atoms with E-state index in [2.05, 4.69) is 10.6 Å². The van der Waals surface area contributed by atoms with Gasteiger partial charge in [-0.2, -0.15) is 0 Å². The van der Waals surface area contributed by atoms with Gasteiger partial charge in [-0.05, 0) is 37.1 Å². The van der Waals surface area contributed by atoms with Crippen molar-refractivity contribution in [1.82, 2.24) is 10.6 Å². The fraction of sp³-hybridized carbons (Fsp3) is 0.562. The van der Waals surface area contributed by atoms with Crippen LogP contribution >= 0.6 is 24.0 Å². The van der Waals surface area contributed by atoms with E-state index >= 15 is 0 Å². The molecule has 0 aliphatic carbocycles. The first-order valence-corrected chi connectivity index (χ1v) is 7.74. The van der Waals surface area contributed by atoms with Gasteiger partial charge in [0, 0.05) is 17.0 Å². The molecular weight excluding hydrogens is 326 g/mol. The number of halogens is 3. The minimum atomic E-state index is -0.352. The molecule has 2 N–H and O–H groups in total. The Kier molecular flexibility index (Phi) is 7.10. The summed E-state index contributed by atoms with van der Waals surface area (Å²) < 4.78 is 13.1. The molecule has 3 nitrogen and oxygen atoms in total. The predicted octanol–water partition coefficient (Wildman–Crippen LogP) is 3.44. The molecule has 0 aromatic heterocycles. The molecule has 0 saturated carbocycles. The van der Waals surface area contributed by atoms with E-state index in [-0.39, 0.29) is 35.6 Å². The molecule has 6 heteroatoms. The van der Waals surface area contributed by atoms with Gasteiger partial charge in [-0.25, -0.2) is 4.39 Å². The van der Waals surface area contributed by atoms with Gasteiger partial charge in [-0.3, -0.25) is 4.79 Å². The first kappa shape index (κ1) is 19.2. The third-order valence-corrected chi connectivity index (χ3v) is 4.30. The van der Waals surface area contributed by atoms with Gasteiger partial charge in [-0.15, -0.1) is 12.4 Å². The molecule has 0 bridgehead atoms. The number of carbonyl (C=O) groups is 1. The van der Waals surface area contributed by atoms with E-state index < -0.39 is 0 Å². The van der Waals surface area contributed by atoms with Crippen molar-refractivity contribution in [2.45, 2.75) is 44.6 Å². The van der Waals surface area contributed by atoms with Gasteiger partial charge >= 0.3 is 0 Å². The van der Waals surface area contributed by atoms with Crippen molar-refractivity contribution >= 4 is 29.9 Å². The molecule has 0 spiro atoms. The van der Waals surface area contributed by atoms with E-state index in [0.29, 0.717) is 11.6 Å². The average molecular weight is 349 g/mol. The molecule has 1 aliphatic heterocycles. The minimum Gasteiger partial charge on any atom is -0.354 e. The lowest BCUT2D eigenvalue weighted by Crippen LogP contribution is -2.49. The lowest BCUT2D eigenvalue weighted by atomic mass is 9.84. The molecule has 1 aromatic carbocycles. The van der Waals surface area contributed by atoms with Crippen molar-refractivity contribution in [2.24, 2.45) is 0 Å². The van der Waals surface area contributed by atoms with Crippen LogP contribution in [0.1, 0.15) is 38.7 Å². The Labute approximate surface area is 142 Å². The Hall–Kier alpha value is -0.840. The van der Waals surface area contributed by atoms with E-state index in [9.17, 15) is 9.18 Å². The number of hydrogen-bond donors (Lipinski definition) is 2. The summed E-state index contributed by atoms with van der Waals surface area (Å²) in [7, 11) is 0. The Morgan fingerprint density at radius 3 is 2.77 bits per heavy atom. The molecule has 2 rings (SSSR count). The Bertz CT molecular complexity index is 517. The molecule has 1 aliphatic rings. The van der Waals surface area contributed by atoms with Gasteiger partial charge < -0.3 is 10.6 Å². The van der Waals surface area contributed by atoms with E-state index in [4.69, 9.17) is 11.6 Å². The summed E-state index contributed by atoms with van der Waals surface area (Å²) in [5.41, 5.74) is 0.484. The van der Waals surface area contributed by atoms with Crippen LogP contribution in [0.3, 0.4) is 0 Å². The van der Waals surface area contributed by atoms with Crippen LogP contribution in [0.4, 0.5) is 4.39 Å². The summed E-state index contributed by atoms with van der Waals surface area (Å²) in [5.74, 6) is -0.323. The first-order chi connectivity index (χ1) is 9.90. The average Bonchev–Trinajstić information content (AvgIpc) is 2.45. The van der Waals surface area contributed by atoms with Gasteiger partial charge in [0.25, 0.3) is 0 Å². The molecule has 1 aromatic rings. The molecule has 1 amide bonds. The summed E-state index contributed by atoms with van der Waals surface area (Å²) >= 11 is 6.11. The fourth-order valence-corrected chi connectivity index (χ4v) is 3.06. The van der Waals surface area contributed by atoms with Crippen LogP contribution < -0.4 is 10.6 Å². The van der Waals surface area contributed by atoms with Crippen LogP contribution in [-0.4, -0.2) is 25.0 Å². The number of piperidine rings is 1. The second-order valence-electron chi connectivity index (χ2n) is 6.23. The smallest absolute Gasteiger partial charge is 0.237 e. The van der Waals surface area contributed by atoms with Crippen LogP contribution in [0.15, 0.2) is 18.2 Å². The fourth-order valence-electron chi connectivity index (χ4n) is 2.64. The minimum absolute atomic E-state index is 0. The molecule has 0 radical (unpaired) electrons. The van der Waals surface area contributed by atoms with Crippen molar-refractivity contribution < 1.29 is 9.18 Å². The maximum Gasteiger partial charge on any atom is 0.237 e. The summed E-state index contributed by atoms with van der Waals surface area (Å²) in [6.45, 7) is 5.34. The molecule has 124 valence electrons. The number of amides is 1. The number of nitrogens with one attached hydrogen (secondary N) is 2. The van der Waals surface area contributed by atoms with Crippen molar-refractivity contribution in [1.29, 1.82) is 0 Å². The maximum atomic E-state index is 13.1. The first-order valence-electron chi connectivity index (χ1n) is 7.37. The second kappa shape index (κ2) is 8.14. The van der Waals surface area contributed by atoms with Crippen LogP contribution in [0.25, 0.3) is 0 Å². The summed E-state index contributed by atoms with van der Waals surface area (Å²) in [6.07, 6.45) is 3.09. The van der Waals surface area contributed by atoms with Gasteiger partial charge in [0.15, 0.2) is 0 Å². The van der Waals surface area contributed by atoms with E-state index in [1.165, 1.54) is 12.1 Å². The monoisotopic (exact) mass is 348 g/mol. The number of rotatable bonds is 4. The largest absolute Gasteiger partial charge is 0.354 e. The molecule has 22 heavy (non-hydrogen) atoms. The van der Waals surface area contributed by atoms with Crippen LogP contribution in [0, 0.1) is 5.82 Å². The van der Waals surface area contributed by atoms with E-state index in [1.54, 1.807) is 6.07 Å². The zero-order chi connectivity index (χ0) is 15.5. The molecular formula is C16H23Cl2FN2O. The van der Waals surface area contributed by atoms with Gasteiger partial charge in [0.2, 0.25) is 5.91 Å². The second-order valence-corrected chi connectivity index (χ2v) is 6.64. The van der Waals surface area contributed by atoms with Crippen molar-refractivity contribution in [3.8, 4) is 0 Å². The predicted molar refractivity (Wildman–Crippen MR) is 90.3 cm³/mol. The van der Waals surface area contributed by atoms with Crippen LogP contribution in [-0.2, 0) is 10.2 Å². The van der Waals surface area contributed by atoms with Gasteiger partial charge in [-0.1, -0.05) is 37.9 Å². The van der Waals surface area contributed by atoms with E-state index in [1.807, 2.05) is 13.8 Å². The number of carbonyl (C=O) groups excluding carboxylic acids is 1. The zero-order valence-corrected chi connectivity index (χ0v) is 14.5. The normalized spacial score (nSPS) is 18.5. The maximum absolute atomic E-state index is 13.1.